The van der Waals surface area contributed by atoms with Crippen molar-refractivity contribution in [2.45, 2.75) is 25.4 Å². The smallest absolute Gasteiger partial charge is 0.310 e. The number of furan rings is 1. The number of sulfonamides is 1. The zero-order valence-electron chi connectivity index (χ0n) is 10.2. The maximum atomic E-state index is 12.2. The van der Waals surface area contributed by atoms with Gasteiger partial charge >= 0.3 is 5.97 Å². The van der Waals surface area contributed by atoms with Gasteiger partial charge in [-0.2, -0.15) is 4.31 Å². The van der Waals surface area contributed by atoms with Gasteiger partial charge in [0, 0.05) is 13.1 Å². The Morgan fingerprint density at radius 3 is 2.61 bits per heavy atom. The monoisotopic (exact) mass is 273 g/mol. The van der Waals surface area contributed by atoms with Crippen LogP contribution in [0.25, 0.3) is 0 Å². The first kappa shape index (κ1) is 13.1. The Bertz CT molecular complexity index is 576. The van der Waals surface area contributed by atoms with Gasteiger partial charge < -0.3 is 9.52 Å². The summed E-state index contributed by atoms with van der Waals surface area (Å²) in [7, 11) is -3.72. The molecule has 0 spiro atoms. The molecule has 1 aliphatic rings. The quantitative estimate of drug-likeness (QED) is 0.890. The van der Waals surface area contributed by atoms with Crippen molar-refractivity contribution in [2.75, 3.05) is 13.1 Å². The van der Waals surface area contributed by atoms with Crippen molar-refractivity contribution in [1.82, 2.24) is 4.31 Å². The van der Waals surface area contributed by atoms with E-state index in [4.69, 9.17) is 9.52 Å². The van der Waals surface area contributed by atoms with Crippen LogP contribution in [0.3, 0.4) is 0 Å². The predicted molar refractivity (Wildman–Crippen MR) is 62.6 cm³/mol. The predicted octanol–water partition coefficient (Wildman–Crippen LogP) is 1.07. The Balaban J connectivity index is 2.27. The van der Waals surface area contributed by atoms with E-state index in [1.54, 1.807) is 19.9 Å². The fraction of sp³-hybridized carbons (Fsp3) is 0.545. The van der Waals surface area contributed by atoms with Crippen LogP contribution in [0.4, 0.5) is 0 Å². The van der Waals surface area contributed by atoms with Gasteiger partial charge in [-0.15, -0.1) is 0 Å². The first-order valence-corrected chi connectivity index (χ1v) is 7.00. The maximum absolute atomic E-state index is 12.2. The average molecular weight is 273 g/mol. The number of nitrogens with zero attached hydrogens (tertiary/aromatic N) is 1. The number of hydrogen-bond acceptors (Lipinski definition) is 4. The lowest BCUT2D eigenvalue weighted by atomic mass is 9.90. The lowest BCUT2D eigenvalue weighted by Crippen LogP contribution is -2.34. The van der Waals surface area contributed by atoms with Crippen molar-refractivity contribution in [3.63, 3.8) is 0 Å². The van der Waals surface area contributed by atoms with E-state index in [0.29, 0.717) is 12.2 Å². The normalized spacial score (nSPS) is 25.4. The highest BCUT2D eigenvalue weighted by Crippen LogP contribution is 2.33. The SMILES string of the molecule is Cc1ccc(S(=O)(=O)N2CCC(C)(C(=O)O)C2)o1. The molecule has 6 nitrogen and oxygen atoms in total. The van der Waals surface area contributed by atoms with Gasteiger partial charge in [0.1, 0.15) is 5.76 Å². The van der Waals surface area contributed by atoms with Gasteiger partial charge in [0.05, 0.1) is 5.41 Å². The van der Waals surface area contributed by atoms with E-state index in [1.165, 1.54) is 10.4 Å². The van der Waals surface area contributed by atoms with E-state index in [2.05, 4.69) is 0 Å². The van der Waals surface area contributed by atoms with Crippen LogP contribution in [0.5, 0.6) is 0 Å². The van der Waals surface area contributed by atoms with Crippen LogP contribution in [-0.2, 0) is 14.8 Å². The third-order valence-corrected chi connectivity index (χ3v) is 4.98. The molecule has 2 rings (SSSR count). The summed E-state index contributed by atoms with van der Waals surface area (Å²) >= 11 is 0. The molecule has 1 fully saturated rings. The summed E-state index contributed by atoms with van der Waals surface area (Å²) in [4.78, 5) is 11.1. The average Bonchev–Trinajstić information content (AvgIpc) is 2.86. The largest absolute Gasteiger partial charge is 0.481 e. The molecule has 0 saturated carbocycles. The van der Waals surface area contributed by atoms with Crippen molar-refractivity contribution >= 4 is 16.0 Å². The Kier molecular flexibility index (Phi) is 2.98. The summed E-state index contributed by atoms with van der Waals surface area (Å²) in [6, 6.07) is 2.96. The molecule has 2 heterocycles. The van der Waals surface area contributed by atoms with Crippen molar-refractivity contribution < 1.29 is 22.7 Å². The third-order valence-electron chi connectivity index (χ3n) is 3.26. The lowest BCUT2D eigenvalue weighted by Gasteiger charge is -2.18. The van der Waals surface area contributed by atoms with E-state index in [1.807, 2.05) is 0 Å². The molecule has 0 amide bonds. The Labute approximate surface area is 105 Å². The van der Waals surface area contributed by atoms with Gasteiger partial charge in [-0.25, -0.2) is 8.42 Å². The standard InChI is InChI=1S/C11H15NO5S/c1-8-3-4-9(17-8)18(15,16)12-6-5-11(2,7-12)10(13)14/h3-4H,5-7H2,1-2H3,(H,13,14). The molecular weight excluding hydrogens is 258 g/mol. The first-order valence-electron chi connectivity index (χ1n) is 5.56. The Morgan fingerprint density at radius 2 is 2.17 bits per heavy atom. The number of carboxylic acids is 1. The summed E-state index contributed by atoms with van der Waals surface area (Å²) in [6.45, 7) is 3.39. The summed E-state index contributed by atoms with van der Waals surface area (Å²) in [5.41, 5.74) is -1.02. The topological polar surface area (TPSA) is 87.8 Å². The molecule has 1 N–H and O–H groups in total. The van der Waals surface area contributed by atoms with E-state index in [0.717, 1.165) is 0 Å². The number of carboxylic acid groups (broad SMARTS) is 1. The summed E-state index contributed by atoms with van der Waals surface area (Å²) in [5, 5.41) is 8.96. The maximum Gasteiger partial charge on any atom is 0.310 e. The molecule has 18 heavy (non-hydrogen) atoms. The highest BCUT2D eigenvalue weighted by molar-refractivity contribution is 7.89. The van der Waals surface area contributed by atoms with Gasteiger partial charge in [0.2, 0.25) is 5.09 Å². The van der Waals surface area contributed by atoms with E-state index < -0.39 is 21.4 Å². The number of aliphatic carboxylic acids is 1. The highest BCUT2D eigenvalue weighted by atomic mass is 32.2. The van der Waals surface area contributed by atoms with Crippen LogP contribution in [-0.4, -0.2) is 36.9 Å². The second-order valence-corrected chi connectivity index (χ2v) is 6.69. The first-order chi connectivity index (χ1) is 8.25. The highest BCUT2D eigenvalue weighted by Gasteiger charge is 2.45. The minimum absolute atomic E-state index is 0.0234. The number of rotatable bonds is 3. The molecule has 1 unspecified atom stereocenters. The molecule has 1 atom stereocenters. The van der Waals surface area contributed by atoms with E-state index in [-0.39, 0.29) is 18.2 Å². The fourth-order valence-electron chi connectivity index (χ4n) is 1.98. The molecule has 0 aliphatic carbocycles. The van der Waals surface area contributed by atoms with Gasteiger partial charge in [0.15, 0.2) is 0 Å². The zero-order chi connectivity index (χ0) is 13.6. The molecule has 0 radical (unpaired) electrons. The third kappa shape index (κ3) is 2.04. The minimum atomic E-state index is -3.72. The molecular formula is C11H15NO5S. The van der Waals surface area contributed by atoms with Crippen LogP contribution >= 0.6 is 0 Å². The molecule has 1 saturated heterocycles. The number of carbonyl (C=O) groups is 1. The summed E-state index contributed by atoms with van der Waals surface area (Å²) < 4.78 is 30.7. The van der Waals surface area contributed by atoms with Crippen LogP contribution in [0.15, 0.2) is 21.6 Å². The van der Waals surface area contributed by atoms with Crippen LogP contribution < -0.4 is 0 Å². The molecule has 1 aromatic rings. The van der Waals surface area contributed by atoms with Crippen molar-refractivity contribution in [3.8, 4) is 0 Å². The van der Waals surface area contributed by atoms with Crippen LogP contribution in [0, 0.1) is 12.3 Å². The van der Waals surface area contributed by atoms with Gasteiger partial charge in [-0.05, 0) is 32.4 Å². The Morgan fingerprint density at radius 1 is 1.50 bits per heavy atom. The van der Waals surface area contributed by atoms with Crippen LogP contribution in [0.2, 0.25) is 0 Å². The molecule has 1 aliphatic heterocycles. The Hall–Kier alpha value is -1.34. The molecule has 7 heteroatoms. The second kappa shape index (κ2) is 4.10. The van der Waals surface area contributed by atoms with E-state index >= 15 is 0 Å². The fourth-order valence-corrected chi connectivity index (χ4v) is 3.49. The van der Waals surface area contributed by atoms with Gasteiger partial charge in [-0.1, -0.05) is 0 Å². The lowest BCUT2D eigenvalue weighted by molar-refractivity contribution is -0.146. The van der Waals surface area contributed by atoms with Gasteiger partial charge in [0.25, 0.3) is 10.0 Å². The van der Waals surface area contributed by atoms with Crippen LogP contribution in [0.1, 0.15) is 19.1 Å². The van der Waals surface area contributed by atoms with Crippen molar-refractivity contribution in [3.05, 3.63) is 17.9 Å². The van der Waals surface area contributed by atoms with Crippen molar-refractivity contribution in [1.29, 1.82) is 0 Å². The number of hydrogen-bond donors (Lipinski definition) is 1. The zero-order valence-corrected chi connectivity index (χ0v) is 11.0. The molecule has 0 bridgehead atoms. The van der Waals surface area contributed by atoms with E-state index in [9.17, 15) is 13.2 Å². The summed E-state index contributed by atoms with van der Waals surface area (Å²) in [6.07, 6.45) is 0.307. The second-order valence-electron chi connectivity index (χ2n) is 4.82. The minimum Gasteiger partial charge on any atom is -0.481 e. The molecule has 1 aromatic heterocycles. The van der Waals surface area contributed by atoms with Crippen molar-refractivity contribution in [2.24, 2.45) is 5.41 Å². The molecule has 100 valence electrons. The van der Waals surface area contributed by atoms with Gasteiger partial charge in [-0.3, -0.25) is 4.79 Å². The molecule has 0 aromatic carbocycles. The number of aryl methyl sites for hydroxylation is 1. The summed E-state index contributed by atoms with van der Waals surface area (Å²) in [5.74, 6) is -0.468.